The largest absolute Gasteiger partial charge is 0.356 e. The van der Waals surface area contributed by atoms with E-state index in [9.17, 15) is 9.59 Å². The third-order valence-corrected chi connectivity index (χ3v) is 2.98. The van der Waals surface area contributed by atoms with Crippen molar-refractivity contribution in [2.45, 2.75) is 19.4 Å². The number of nitrogens with zero attached hydrogens (tertiary/aromatic N) is 1. The highest BCUT2D eigenvalue weighted by molar-refractivity contribution is 6.30. The summed E-state index contributed by atoms with van der Waals surface area (Å²) >= 11 is 5.75. The zero-order valence-electron chi connectivity index (χ0n) is 9.50. The number of hydrogen-bond acceptors (Lipinski definition) is 2. The Morgan fingerprint density at radius 3 is 2.94 bits per heavy atom. The Labute approximate surface area is 104 Å². The summed E-state index contributed by atoms with van der Waals surface area (Å²) in [6.45, 7) is 2.69. The maximum absolute atomic E-state index is 12.0. The van der Waals surface area contributed by atoms with E-state index in [-0.39, 0.29) is 17.9 Å². The van der Waals surface area contributed by atoms with Gasteiger partial charge in [0.1, 0.15) is 5.69 Å². The fraction of sp³-hybridized carbons (Fsp3) is 0.455. The molecule has 2 heterocycles. The summed E-state index contributed by atoms with van der Waals surface area (Å²) in [5.41, 5.74) is 0.485. The van der Waals surface area contributed by atoms with Gasteiger partial charge in [0, 0.05) is 32.3 Å². The molecule has 2 N–H and O–H groups in total. The first-order valence-electron chi connectivity index (χ1n) is 5.46. The van der Waals surface area contributed by atoms with Crippen LogP contribution in [0.3, 0.4) is 0 Å². The van der Waals surface area contributed by atoms with Crippen molar-refractivity contribution < 1.29 is 9.59 Å². The molecule has 0 aliphatic carbocycles. The van der Waals surface area contributed by atoms with Crippen LogP contribution < -0.4 is 5.32 Å². The van der Waals surface area contributed by atoms with E-state index in [1.807, 2.05) is 0 Å². The summed E-state index contributed by atoms with van der Waals surface area (Å²) < 4.78 is 0. The molecule has 1 aromatic rings. The zero-order valence-corrected chi connectivity index (χ0v) is 10.3. The van der Waals surface area contributed by atoms with E-state index < -0.39 is 0 Å². The van der Waals surface area contributed by atoms with Gasteiger partial charge in [-0.3, -0.25) is 9.59 Å². The molecular formula is C11H14ClN3O2. The minimum Gasteiger partial charge on any atom is -0.356 e. The molecule has 0 unspecified atom stereocenters. The summed E-state index contributed by atoms with van der Waals surface area (Å²) in [6.07, 6.45) is 2.37. The van der Waals surface area contributed by atoms with Crippen molar-refractivity contribution in [1.29, 1.82) is 0 Å². The monoisotopic (exact) mass is 255 g/mol. The maximum Gasteiger partial charge on any atom is 0.270 e. The first kappa shape index (κ1) is 12.0. The quantitative estimate of drug-likeness (QED) is 0.829. The van der Waals surface area contributed by atoms with Gasteiger partial charge in [0.2, 0.25) is 5.91 Å². The second kappa shape index (κ2) is 4.79. The molecule has 1 aromatic heterocycles. The van der Waals surface area contributed by atoms with Crippen molar-refractivity contribution in [2.75, 3.05) is 13.1 Å². The predicted octanol–water partition coefficient (Wildman–Crippen LogP) is 1.02. The number of carbonyl (C=O) groups is 2. The second-order valence-electron chi connectivity index (χ2n) is 4.17. The third kappa shape index (κ3) is 2.79. The Kier molecular flexibility index (Phi) is 3.38. The van der Waals surface area contributed by atoms with Crippen molar-refractivity contribution in [1.82, 2.24) is 15.2 Å². The normalized spacial score (nSPS) is 19.4. The van der Waals surface area contributed by atoms with E-state index in [1.165, 1.54) is 6.92 Å². The Morgan fingerprint density at radius 2 is 2.35 bits per heavy atom. The average Bonchev–Trinajstić information content (AvgIpc) is 2.85. The molecule has 1 aliphatic heterocycles. The van der Waals surface area contributed by atoms with Crippen LogP contribution in [0.4, 0.5) is 0 Å². The van der Waals surface area contributed by atoms with Crippen molar-refractivity contribution in [3.63, 3.8) is 0 Å². The molecule has 1 atom stereocenters. The average molecular weight is 256 g/mol. The number of hydrogen-bond donors (Lipinski definition) is 2. The zero-order chi connectivity index (χ0) is 12.4. The first-order chi connectivity index (χ1) is 8.06. The van der Waals surface area contributed by atoms with Gasteiger partial charge in [-0.2, -0.15) is 0 Å². The summed E-state index contributed by atoms with van der Waals surface area (Å²) in [6, 6.07) is 1.66. The molecule has 92 valence electrons. The molecule has 1 fully saturated rings. The van der Waals surface area contributed by atoms with Crippen LogP contribution in [0, 0.1) is 0 Å². The van der Waals surface area contributed by atoms with Gasteiger partial charge >= 0.3 is 0 Å². The predicted molar refractivity (Wildman–Crippen MR) is 63.9 cm³/mol. The summed E-state index contributed by atoms with van der Waals surface area (Å²) in [5.74, 6) is -0.142. The first-order valence-corrected chi connectivity index (χ1v) is 5.84. The van der Waals surface area contributed by atoms with E-state index in [2.05, 4.69) is 10.3 Å². The lowest BCUT2D eigenvalue weighted by molar-refractivity contribution is -0.119. The molecule has 5 nitrogen and oxygen atoms in total. The molecule has 0 radical (unpaired) electrons. The highest BCUT2D eigenvalue weighted by Gasteiger charge is 2.27. The molecule has 0 bridgehead atoms. The number of amides is 2. The van der Waals surface area contributed by atoms with E-state index in [0.29, 0.717) is 23.8 Å². The van der Waals surface area contributed by atoms with E-state index in [1.54, 1.807) is 17.2 Å². The van der Waals surface area contributed by atoms with Gasteiger partial charge in [-0.05, 0) is 12.5 Å². The molecular weight excluding hydrogens is 242 g/mol. The molecule has 17 heavy (non-hydrogen) atoms. The molecule has 0 saturated carbocycles. The van der Waals surface area contributed by atoms with E-state index >= 15 is 0 Å². The van der Waals surface area contributed by atoms with Crippen molar-refractivity contribution in [3.05, 3.63) is 23.0 Å². The van der Waals surface area contributed by atoms with E-state index in [0.717, 1.165) is 6.42 Å². The summed E-state index contributed by atoms with van der Waals surface area (Å²) in [7, 11) is 0. The van der Waals surface area contributed by atoms with Crippen LogP contribution in [0.1, 0.15) is 23.8 Å². The minimum atomic E-state index is -0.0789. The molecule has 2 amide bonds. The highest BCUT2D eigenvalue weighted by Crippen LogP contribution is 2.15. The van der Waals surface area contributed by atoms with Crippen LogP contribution in [0.25, 0.3) is 0 Å². The standard InChI is InChI=1S/C11H14ClN3O2/c1-7(16)14-9-2-3-15(6-9)11(17)10-4-8(12)5-13-10/h4-5,9,13H,2-3,6H2,1H3,(H,14,16)/t9-/m0/s1. The Balaban J connectivity index is 1.96. The Bertz CT molecular complexity index is 444. The number of aromatic amines is 1. The molecule has 0 spiro atoms. The lowest BCUT2D eigenvalue weighted by atomic mass is 10.2. The van der Waals surface area contributed by atoms with Crippen LogP contribution in [0.2, 0.25) is 5.02 Å². The van der Waals surface area contributed by atoms with Gasteiger partial charge in [-0.1, -0.05) is 11.6 Å². The topological polar surface area (TPSA) is 65.2 Å². The number of nitrogens with one attached hydrogen (secondary N) is 2. The molecule has 1 saturated heterocycles. The highest BCUT2D eigenvalue weighted by atomic mass is 35.5. The second-order valence-corrected chi connectivity index (χ2v) is 4.61. The number of halogens is 1. The van der Waals surface area contributed by atoms with E-state index in [4.69, 9.17) is 11.6 Å². The van der Waals surface area contributed by atoms with Crippen LogP contribution in [0.5, 0.6) is 0 Å². The molecule has 2 rings (SSSR count). The van der Waals surface area contributed by atoms with Gasteiger partial charge in [-0.25, -0.2) is 0 Å². The number of H-pyrrole nitrogens is 1. The number of carbonyl (C=O) groups excluding carboxylic acids is 2. The van der Waals surface area contributed by atoms with Crippen LogP contribution in [-0.2, 0) is 4.79 Å². The minimum absolute atomic E-state index is 0.0573. The molecule has 6 heteroatoms. The van der Waals surface area contributed by atoms with Crippen LogP contribution >= 0.6 is 11.6 Å². The number of rotatable bonds is 2. The van der Waals surface area contributed by atoms with Gasteiger partial charge in [0.25, 0.3) is 5.91 Å². The lowest BCUT2D eigenvalue weighted by Crippen LogP contribution is -2.37. The molecule has 0 aromatic carbocycles. The summed E-state index contributed by atoms with van der Waals surface area (Å²) in [4.78, 5) is 27.5. The van der Waals surface area contributed by atoms with Crippen molar-refractivity contribution in [2.24, 2.45) is 0 Å². The number of aromatic nitrogens is 1. The van der Waals surface area contributed by atoms with Gasteiger partial charge in [0.05, 0.1) is 5.02 Å². The van der Waals surface area contributed by atoms with Gasteiger partial charge in [0.15, 0.2) is 0 Å². The SMILES string of the molecule is CC(=O)N[C@H]1CCN(C(=O)c2cc(Cl)c[nH]2)C1. The maximum atomic E-state index is 12.0. The third-order valence-electron chi connectivity index (χ3n) is 2.76. The lowest BCUT2D eigenvalue weighted by Gasteiger charge is -2.15. The van der Waals surface area contributed by atoms with Crippen molar-refractivity contribution >= 4 is 23.4 Å². The number of likely N-dealkylation sites (tertiary alicyclic amines) is 1. The summed E-state index contributed by atoms with van der Waals surface area (Å²) in [5, 5.41) is 3.33. The fourth-order valence-corrected chi connectivity index (χ4v) is 2.18. The smallest absolute Gasteiger partial charge is 0.270 e. The Morgan fingerprint density at radius 1 is 1.59 bits per heavy atom. The Hall–Kier alpha value is -1.49. The van der Waals surface area contributed by atoms with Crippen molar-refractivity contribution in [3.8, 4) is 0 Å². The molecule has 1 aliphatic rings. The van der Waals surface area contributed by atoms with Crippen LogP contribution in [0.15, 0.2) is 12.3 Å². The van der Waals surface area contributed by atoms with Gasteiger partial charge in [-0.15, -0.1) is 0 Å². The van der Waals surface area contributed by atoms with Gasteiger partial charge < -0.3 is 15.2 Å². The van der Waals surface area contributed by atoms with Crippen LogP contribution in [-0.4, -0.2) is 40.8 Å². The fourth-order valence-electron chi connectivity index (χ4n) is 2.01.